The van der Waals surface area contributed by atoms with Gasteiger partial charge >= 0.3 is 0 Å². The van der Waals surface area contributed by atoms with Crippen LogP contribution in [0.5, 0.6) is 5.75 Å². The second-order valence-electron chi connectivity index (χ2n) is 8.18. The molecule has 0 radical (unpaired) electrons. The number of ether oxygens (including phenoxy) is 1. The highest BCUT2D eigenvalue weighted by atomic mass is 32.2. The van der Waals surface area contributed by atoms with Crippen molar-refractivity contribution in [3.63, 3.8) is 0 Å². The molecule has 1 aromatic heterocycles. The van der Waals surface area contributed by atoms with Crippen LogP contribution in [0.3, 0.4) is 0 Å². The summed E-state index contributed by atoms with van der Waals surface area (Å²) >= 11 is 1.29. The molecule has 1 heterocycles. The predicted molar refractivity (Wildman–Crippen MR) is 136 cm³/mol. The van der Waals surface area contributed by atoms with Crippen molar-refractivity contribution in [2.24, 2.45) is 0 Å². The van der Waals surface area contributed by atoms with Crippen molar-refractivity contribution < 1.29 is 9.53 Å². The van der Waals surface area contributed by atoms with Crippen molar-refractivity contribution in [2.45, 2.75) is 25.2 Å². The van der Waals surface area contributed by atoms with Crippen LogP contribution in [0.25, 0.3) is 10.9 Å². The lowest BCUT2D eigenvalue weighted by Crippen LogP contribution is -2.29. The fourth-order valence-electron chi connectivity index (χ4n) is 3.64. The second-order valence-corrected chi connectivity index (χ2v) is 9.12. The fraction of sp³-hybridized carbons (Fsp3) is 0.222. The van der Waals surface area contributed by atoms with Gasteiger partial charge in [-0.1, -0.05) is 65.9 Å². The van der Waals surface area contributed by atoms with Crippen molar-refractivity contribution in [1.82, 2.24) is 14.5 Å². The number of thioether (sulfide) groups is 1. The summed E-state index contributed by atoms with van der Waals surface area (Å²) in [5.74, 6) is 0.893. The number of hydrogen-bond acceptors (Lipinski definition) is 5. The molecular formula is C27H27N3O3S. The topological polar surface area (TPSA) is 64.4 Å². The zero-order valence-electron chi connectivity index (χ0n) is 19.5. The van der Waals surface area contributed by atoms with Crippen molar-refractivity contribution in [1.29, 1.82) is 0 Å². The Morgan fingerprint density at radius 1 is 1.03 bits per heavy atom. The van der Waals surface area contributed by atoms with E-state index in [4.69, 9.17) is 9.72 Å². The van der Waals surface area contributed by atoms with Gasteiger partial charge in [0, 0.05) is 13.6 Å². The minimum Gasteiger partial charge on any atom is -0.497 e. The highest BCUT2D eigenvalue weighted by molar-refractivity contribution is 7.99. The van der Waals surface area contributed by atoms with Crippen LogP contribution in [0.2, 0.25) is 0 Å². The highest BCUT2D eigenvalue weighted by Crippen LogP contribution is 2.20. The number of fused-ring (bicyclic) bond motifs is 1. The third-order valence-corrected chi connectivity index (χ3v) is 6.55. The Bertz CT molecular complexity index is 1370. The van der Waals surface area contributed by atoms with E-state index in [0.29, 0.717) is 29.1 Å². The number of para-hydroxylation sites is 1. The van der Waals surface area contributed by atoms with E-state index in [1.165, 1.54) is 11.8 Å². The van der Waals surface area contributed by atoms with Crippen molar-refractivity contribution >= 4 is 28.6 Å². The molecule has 0 saturated heterocycles. The summed E-state index contributed by atoms with van der Waals surface area (Å²) in [6, 6.07) is 23.1. The maximum absolute atomic E-state index is 13.3. The van der Waals surface area contributed by atoms with Crippen LogP contribution >= 0.6 is 11.8 Å². The Hall–Kier alpha value is -3.58. The summed E-state index contributed by atoms with van der Waals surface area (Å²) in [5.41, 5.74) is 3.68. The third kappa shape index (κ3) is 5.48. The first-order valence-corrected chi connectivity index (χ1v) is 12.0. The molecule has 0 aliphatic rings. The van der Waals surface area contributed by atoms with Gasteiger partial charge in [-0.3, -0.25) is 14.2 Å². The predicted octanol–water partition coefficient (Wildman–Crippen LogP) is 4.51. The van der Waals surface area contributed by atoms with E-state index in [-0.39, 0.29) is 17.2 Å². The molecule has 4 rings (SSSR count). The van der Waals surface area contributed by atoms with E-state index in [1.807, 2.05) is 73.7 Å². The molecule has 1 amide bonds. The summed E-state index contributed by atoms with van der Waals surface area (Å²) in [5, 5.41) is 1.10. The van der Waals surface area contributed by atoms with Crippen molar-refractivity contribution in [3.05, 3.63) is 99.8 Å². The summed E-state index contributed by atoms with van der Waals surface area (Å²) in [6.45, 7) is 2.90. The first-order chi connectivity index (χ1) is 16.4. The Kier molecular flexibility index (Phi) is 7.33. The van der Waals surface area contributed by atoms with Gasteiger partial charge < -0.3 is 9.64 Å². The minimum absolute atomic E-state index is 0.0443. The number of aryl methyl sites for hydroxylation is 1. The molecule has 0 N–H and O–H groups in total. The van der Waals surface area contributed by atoms with E-state index in [9.17, 15) is 9.59 Å². The maximum atomic E-state index is 13.3. The van der Waals surface area contributed by atoms with E-state index < -0.39 is 0 Å². The molecule has 34 heavy (non-hydrogen) atoms. The molecule has 6 nitrogen and oxygen atoms in total. The van der Waals surface area contributed by atoms with Crippen LogP contribution in [0.1, 0.15) is 16.7 Å². The molecule has 0 spiro atoms. The van der Waals surface area contributed by atoms with Crippen LogP contribution in [0.4, 0.5) is 0 Å². The van der Waals surface area contributed by atoms with Gasteiger partial charge in [0.25, 0.3) is 5.56 Å². The molecule has 0 bridgehead atoms. The lowest BCUT2D eigenvalue weighted by molar-refractivity contribution is -0.127. The molecule has 0 aliphatic carbocycles. The lowest BCUT2D eigenvalue weighted by Gasteiger charge is -2.18. The molecule has 0 aliphatic heterocycles. The maximum Gasteiger partial charge on any atom is 0.262 e. The van der Waals surface area contributed by atoms with E-state index >= 15 is 0 Å². The number of rotatable bonds is 8. The van der Waals surface area contributed by atoms with Crippen molar-refractivity contribution in [3.8, 4) is 5.75 Å². The number of aromatic nitrogens is 2. The average molecular weight is 474 g/mol. The fourth-order valence-corrected chi connectivity index (χ4v) is 4.58. The number of nitrogens with zero attached hydrogens (tertiary/aromatic N) is 3. The molecule has 7 heteroatoms. The number of hydrogen-bond donors (Lipinski definition) is 0. The summed E-state index contributed by atoms with van der Waals surface area (Å²) in [7, 11) is 3.40. The number of carbonyl (C=O) groups is 1. The van der Waals surface area contributed by atoms with Gasteiger partial charge in [-0.2, -0.15) is 0 Å². The van der Waals surface area contributed by atoms with Crippen LogP contribution in [0, 0.1) is 6.92 Å². The van der Waals surface area contributed by atoms with Crippen molar-refractivity contribution in [2.75, 3.05) is 19.9 Å². The van der Waals surface area contributed by atoms with Gasteiger partial charge in [0.05, 0.1) is 30.3 Å². The van der Waals surface area contributed by atoms with Gasteiger partial charge in [-0.25, -0.2) is 4.98 Å². The Morgan fingerprint density at radius 3 is 2.56 bits per heavy atom. The van der Waals surface area contributed by atoms with Gasteiger partial charge in [0.1, 0.15) is 5.75 Å². The van der Waals surface area contributed by atoms with Gasteiger partial charge in [-0.15, -0.1) is 0 Å². The van der Waals surface area contributed by atoms with Crippen LogP contribution in [0.15, 0.2) is 82.7 Å². The Labute approximate surface area is 203 Å². The van der Waals surface area contributed by atoms with Gasteiger partial charge in [-0.05, 0) is 42.3 Å². The molecule has 3 aromatic carbocycles. The SMILES string of the molecule is COc1cccc(CN(C)C(=O)CSc2nc3ccccc3c(=O)n2Cc2ccc(C)cc2)c1. The van der Waals surface area contributed by atoms with Crippen LogP contribution in [-0.2, 0) is 17.9 Å². The van der Waals surface area contributed by atoms with Crippen LogP contribution < -0.4 is 10.3 Å². The molecule has 0 unspecified atom stereocenters. The standard InChI is InChI=1S/C27H27N3O3S/c1-19-11-13-20(14-12-19)17-30-26(32)23-9-4-5-10-24(23)28-27(30)34-18-25(31)29(2)16-21-7-6-8-22(15-21)33-3/h4-15H,16-18H2,1-3H3. The lowest BCUT2D eigenvalue weighted by atomic mass is 10.1. The first kappa shape index (κ1) is 23.6. The molecule has 4 aromatic rings. The van der Waals surface area contributed by atoms with Crippen LogP contribution in [-0.4, -0.2) is 40.3 Å². The number of carbonyl (C=O) groups excluding carboxylic acids is 1. The molecule has 0 saturated carbocycles. The second kappa shape index (κ2) is 10.6. The zero-order valence-corrected chi connectivity index (χ0v) is 20.3. The van der Waals surface area contributed by atoms with E-state index in [0.717, 1.165) is 22.4 Å². The molecule has 0 fully saturated rings. The Balaban J connectivity index is 1.55. The van der Waals surface area contributed by atoms with Gasteiger partial charge in [0.2, 0.25) is 5.91 Å². The molecule has 0 atom stereocenters. The summed E-state index contributed by atoms with van der Waals surface area (Å²) in [6.07, 6.45) is 0. The number of amides is 1. The Morgan fingerprint density at radius 2 is 1.79 bits per heavy atom. The zero-order chi connectivity index (χ0) is 24.1. The summed E-state index contributed by atoms with van der Waals surface area (Å²) < 4.78 is 6.93. The molecular weight excluding hydrogens is 446 g/mol. The smallest absolute Gasteiger partial charge is 0.262 e. The number of methoxy groups -OCH3 is 1. The minimum atomic E-state index is -0.106. The summed E-state index contributed by atoms with van der Waals surface area (Å²) in [4.78, 5) is 32.6. The average Bonchev–Trinajstić information content (AvgIpc) is 2.85. The largest absolute Gasteiger partial charge is 0.497 e. The highest BCUT2D eigenvalue weighted by Gasteiger charge is 2.16. The number of benzene rings is 3. The van der Waals surface area contributed by atoms with E-state index in [2.05, 4.69) is 0 Å². The third-order valence-electron chi connectivity index (χ3n) is 5.59. The monoisotopic (exact) mass is 473 g/mol. The first-order valence-electron chi connectivity index (χ1n) is 11.0. The normalized spacial score (nSPS) is 10.9. The van der Waals surface area contributed by atoms with Gasteiger partial charge in [0.15, 0.2) is 5.16 Å². The quantitative estimate of drug-likeness (QED) is 0.278. The van der Waals surface area contributed by atoms with E-state index in [1.54, 1.807) is 29.7 Å². The molecule has 174 valence electrons.